The number of hydrogen-bond donors (Lipinski definition) is 2. The van der Waals surface area contributed by atoms with E-state index in [-0.39, 0.29) is 10.0 Å². The van der Waals surface area contributed by atoms with E-state index in [4.69, 9.17) is 5.11 Å². The second-order valence-electron chi connectivity index (χ2n) is 2.79. The number of nitro groups is 1. The molecule has 1 atom stereocenters. The zero-order valence-electron chi connectivity index (χ0n) is 7.55. The first kappa shape index (κ1) is 13.1. The maximum Gasteiger partial charge on any atom is 0.337 e. The van der Waals surface area contributed by atoms with Gasteiger partial charge in [-0.25, -0.2) is 4.79 Å². The van der Waals surface area contributed by atoms with Crippen molar-refractivity contribution in [3.8, 4) is 0 Å². The van der Waals surface area contributed by atoms with Crippen molar-refractivity contribution in [3.05, 3.63) is 36.8 Å². The molecule has 0 radical (unpaired) electrons. The molecule has 0 aromatic heterocycles. The van der Waals surface area contributed by atoms with E-state index in [1.54, 1.807) is 0 Å². The number of benzene rings is 1. The minimum Gasteiger partial charge on any atom is -0.479 e. The van der Waals surface area contributed by atoms with Gasteiger partial charge in [0.25, 0.3) is 5.69 Å². The van der Waals surface area contributed by atoms with Crippen LogP contribution in [-0.2, 0) is 4.79 Å². The second kappa shape index (κ2) is 4.89. The topological polar surface area (TPSA) is 101 Å². The predicted molar refractivity (Wildman–Crippen MR) is 61.1 cm³/mol. The summed E-state index contributed by atoms with van der Waals surface area (Å²) in [6.07, 6.45) is -1.95. The summed E-state index contributed by atoms with van der Waals surface area (Å²) in [6.45, 7) is 0. The quantitative estimate of drug-likeness (QED) is 0.640. The third-order valence-electron chi connectivity index (χ3n) is 1.81. The molecule has 1 aromatic rings. The Hall–Kier alpha value is -0.990. The van der Waals surface area contributed by atoms with E-state index in [0.29, 0.717) is 4.47 Å². The fourth-order valence-corrected chi connectivity index (χ4v) is 2.00. The number of aliphatic hydroxyl groups excluding tert-OH is 1. The van der Waals surface area contributed by atoms with Crippen LogP contribution < -0.4 is 0 Å². The third-order valence-corrected chi connectivity index (χ3v) is 3.86. The molecule has 6 nitrogen and oxygen atoms in total. The van der Waals surface area contributed by atoms with Crippen molar-refractivity contribution in [3.63, 3.8) is 0 Å². The van der Waals surface area contributed by atoms with Gasteiger partial charge in [0, 0.05) is 15.0 Å². The molecule has 0 saturated carbocycles. The molecule has 0 amide bonds. The van der Waals surface area contributed by atoms with Crippen LogP contribution in [0.2, 0.25) is 0 Å². The van der Waals surface area contributed by atoms with Crippen molar-refractivity contribution in [1.29, 1.82) is 0 Å². The van der Waals surface area contributed by atoms with Crippen LogP contribution in [0.3, 0.4) is 0 Å². The largest absolute Gasteiger partial charge is 0.479 e. The molecule has 0 aliphatic heterocycles. The highest BCUT2D eigenvalue weighted by Crippen LogP contribution is 2.37. The molecule has 0 saturated heterocycles. The molecule has 0 heterocycles. The minimum atomic E-state index is -1.95. The van der Waals surface area contributed by atoms with E-state index >= 15 is 0 Å². The summed E-state index contributed by atoms with van der Waals surface area (Å²) in [6, 6.07) is 2.51. The maximum absolute atomic E-state index is 10.7. The van der Waals surface area contributed by atoms with Crippen molar-refractivity contribution in [2.24, 2.45) is 0 Å². The van der Waals surface area contributed by atoms with Crippen LogP contribution >= 0.6 is 31.9 Å². The zero-order chi connectivity index (χ0) is 12.5. The first-order valence-corrected chi connectivity index (χ1v) is 5.48. The zero-order valence-corrected chi connectivity index (χ0v) is 10.7. The third kappa shape index (κ3) is 2.39. The lowest BCUT2D eigenvalue weighted by atomic mass is 10.1. The lowest BCUT2D eigenvalue weighted by molar-refractivity contribution is -0.386. The van der Waals surface area contributed by atoms with Crippen LogP contribution in [0.1, 0.15) is 11.7 Å². The average molecular weight is 355 g/mol. The number of halogens is 2. The van der Waals surface area contributed by atoms with Gasteiger partial charge in [0.1, 0.15) is 0 Å². The summed E-state index contributed by atoms with van der Waals surface area (Å²) in [4.78, 5) is 20.6. The molecule has 0 aliphatic rings. The Bertz CT molecular complexity index is 462. The fraction of sp³-hybridized carbons (Fsp3) is 0.125. The molecule has 16 heavy (non-hydrogen) atoms. The molecule has 1 unspecified atom stereocenters. The van der Waals surface area contributed by atoms with Gasteiger partial charge in [0.15, 0.2) is 6.10 Å². The highest BCUT2D eigenvalue weighted by Gasteiger charge is 2.29. The lowest BCUT2D eigenvalue weighted by Gasteiger charge is -2.10. The monoisotopic (exact) mass is 353 g/mol. The Balaban J connectivity index is 3.49. The van der Waals surface area contributed by atoms with Crippen LogP contribution in [-0.4, -0.2) is 21.1 Å². The summed E-state index contributed by atoms with van der Waals surface area (Å²) in [7, 11) is 0. The van der Waals surface area contributed by atoms with E-state index in [2.05, 4.69) is 31.9 Å². The number of carbonyl (C=O) groups is 1. The van der Waals surface area contributed by atoms with Crippen molar-refractivity contribution >= 4 is 43.5 Å². The van der Waals surface area contributed by atoms with E-state index in [1.807, 2.05) is 0 Å². The van der Waals surface area contributed by atoms with Gasteiger partial charge in [-0.05, 0) is 37.9 Å². The van der Waals surface area contributed by atoms with Crippen molar-refractivity contribution in [2.75, 3.05) is 0 Å². The van der Waals surface area contributed by atoms with Crippen LogP contribution in [0.25, 0.3) is 0 Å². The second-order valence-corrected chi connectivity index (χ2v) is 4.44. The van der Waals surface area contributed by atoms with Gasteiger partial charge in [-0.2, -0.15) is 0 Å². The molecule has 2 N–H and O–H groups in total. The van der Waals surface area contributed by atoms with E-state index in [9.17, 15) is 20.0 Å². The van der Waals surface area contributed by atoms with Gasteiger partial charge in [-0.1, -0.05) is 0 Å². The first-order chi connectivity index (χ1) is 7.36. The van der Waals surface area contributed by atoms with Gasteiger partial charge in [-0.3, -0.25) is 10.1 Å². The number of carboxylic acids is 1. The first-order valence-electron chi connectivity index (χ1n) is 3.89. The highest BCUT2D eigenvalue weighted by molar-refractivity contribution is 9.13. The molecule has 1 rings (SSSR count). The molecular weight excluding hydrogens is 350 g/mol. The van der Waals surface area contributed by atoms with Crippen molar-refractivity contribution < 1.29 is 19.9 Å². The molecular formula is C8H5Br2NO5. The molecule has 0 bridgehead atoms. The van der Waals surface area contributed by atoms with Gasteiger partial charge < -0.3 is 10.2 Å². The number of hydrogen-bond acceptors (Lipinski definition) is 4. The number of aliphatic hydroxyl groups is 1. The van der Waals surface area contributed by atoms with Gasteiger partial charge in [0.05, 0.1) is 10.5 Å². The normalized spacial score (nSPS) is 12.2. The standard InChI is InChI=1S/C8H5Br2NO5/c9-3-1-2-4(11(15)16)5(6(3)10)7(12)8(13)14/h1-2,7,12H,(H,13,14). The summed E-state index contributed by atoms with van der Waals surface area (Å²) in [5, 5.41) is 28.7. The summed E-state index contributed by atoms with van der Waals surface area (Å²) in [5.41, 5.74) is -0.739. The fourth-order valence-electron chi connectivity index (χ4n) is 1.10. The summed E-state index contributed by atoms with van der Waals surface area (Å²) >= 11 is 6.07. The Kier molecular flexibility index (Phi) is 4.00. The summed E-state index contributed by atoms with van der Waals surface area (Å²) in [5.74, 6) is -1.55. The molecule has 1 aromatic carbocycles. The van der Waals surface area contributed by atoms with E-state index in [1.165, 1.54) is 6.07 Å². The predicted octanol–water partition coefficient (Wildman–Crippen LogP) is 2.24. The minimum absolute atomic E-state index is 0.150. The lowest BCUT2D eigenvalue weighted by Crippen LogP contribution is -2.13. The van der Waals surface area contributed by atoms with Crippen LogP contribution in [0, 0.1) is 10.1 Å². The number of nitrogens with zero attached hydrogens (tertiary/aromatic N) is 1. The summed E-state index contributed by atoms with van der Waals surface area (Å²) < 4.78 is 0.574. The van der Waals surface area contributed by atoms with E-state index < -0.39 is 22.7 Å². The van der Waals surface area contributed by atoms with Crippen molar-refractivity contribution in [2.45, 2.75) is 6.10 Å². The SMILES string of the molecule is O=C(O)C(O)c1c([N+](=O)[O-])ccc(Br)c1Br. The molecule has 0 fully saturated rings. The van der Waals surface area contributed by atoms with Gasteiger partial charge in [-0.15, -0.1) is 0 Å². The average Bonchev–Trinajstić information content (AvgIpc) is 2.20. The van der Waals surface area contributed by atoms with E-state index in [0.717, 1.165) is 6.07 Å². The van der Waals surface area contributed by atoms with Crippen LogP contribution in [0.4, 0.5) is 5.69 Å². The molecule has 8 heteroatoms. The van der Waals surface area contributed by atoms with Gasteiger partial charge in [0.2, 0.25) is 0 Å². The van der Waals surface area contributed by atoms with Crippen molar-refractivity contribution in [1.82, 2.24) is 0 Å². The number of carboxylic acid groups (broad SMARTS) is 1. The smallest absolute Gasteiger partial charge is 0.337 e. The van der Waals surface area contributed by atoms with Crippen LogP contribution in [0.5, 0.6) is 0 Å². The van der Waals surface area contributed by atoms with Gasteiger partial charge >= 0.3 is 5.97 Å². The Morgan fingerprint density at radius 2 is 2.00 bits per heavy atom. The molecule has 0 aliphatic carbocycles. The molecule has 0 spiro atoms. The van der Waals surface area contributed by atoms with Crippen LogP contribution in [0.15, 0.2) is 21.1 Å². The Morgan fingerprint density at radius 1 is 1.44 bits per heavy atom. The maximum atomic E-state index is 10.7. The Labute approximate surface area is 106 Å². The molecule has 86 valence electrons. The number of aliphatic carboxylic acids is 1. The Morgan fingerprint density at radius 3 is 2.44 bits per heavy atom. The highest BCUT2D eigenvalue weighted by atomic mass is 79.9. The number of rotatable bonds is 3. The number of nitro benzene ring substituents is 1.